The maximum atomic E-state index is 11.0. The monoisotopic (exact) mass is 157 g/mol. The SMILES string of the molecule is CC([O])C1CC2OCCC2O1. The number of ether oxygens (including phenoxy) is 2. The lowest BCUT2D eigenvalue weighted by Crippen LogP contribution is -2.22. The fourth-order valence-electron chi connectivity index (χ4n) is 1.82. The van der Waals surface area contributed by atoms with Crippen molar-refractivity contribution in [3.05, 3.63) is 0 Å². The second kappa shape index (κ2) is 2.73. The summed E-state index contributed by atoms with van der Waals surface area (Å²) in [7, 11) is 0. The Morgan fingerprint density at radius 2 is 2.27 bits per heavy atom. The molecule has 0 spiro atoms. The third-order valence-electron chi connectivity index (χ3n) is 2.49. The standard InChI is InChI=1S/C8H13O3/c1-5(9)7-4-8-6(11-7)2-3-10-8/h5-8H,2-4H2,1H3. The van der Waals surface area contributed by atoms with E-state index < -0.39 is 6.10 Å². The van der Waals surface area contributed by atoms with Crippen molar-refractivity contribution in [3.8, 4) is 0 Å². The maximum absolute atomic E-state index is 11.0. The van der Waals surface area contributed by atoms with Crippen molar-refractivity contribution in [2.24, 2.45) is 0 Å². The van der Waals surface area contributed by atoms with Crippen LogP contribution in [0.3, 0.4) is 0 Å². The van der Waals surface area contributed by atoms with Gasteiger partial charge in [0.1, 0.15) is 6.10 Å². The largest absolute Gasteiger partial charge is 0.375 e. The lowest BCUT2D eigenvalue weighted by Gasteiger charge is -2.12. The summed E-state index contributed by atoms with van der Waals surface area (Å²) in [5.41, 5.74) is 0. The van der Waals surface area contributed by atoms with E-state index in [0.717, 1.165) is 19.4 Å². The third-order valence-corrected chi connectivity index (χ3v) is 2.49. The number of hydrogen-bond acceptors (Lipinski definition) is 2. The second-order valence-corrected chi connectivity index (χ2v) is 3.35. The Kier molecular flexibility index (Phi) is 1.87. The van der Waals surface area contributed by atoms with Crippen LogP contribution in [0.4, 0.5) is 0 Å². The maximum Gasteiger partial charge on any atom is 0.116 e. The highest BCUT2D eigenvalue weighted by molar-refractivity contribution is 4.88. The molecule has 0 bridgehead atoms. The normalized spacial score (nSPS) is 45.8. The molecule has 2 aliphatic heterocycles. The van der Waals surface area contributed by atoms with Gasteiger partial charge < -0.3 is 9.47 Å². The highest BCUT2D eigenvalue weighted by atomic mass is 16.6. The molecule has 3 nitrogen and oxygen atoms in total. The molecule has 2 aliphatic rings. The van der Waals surface area contributed by atoms with Crippen LogP contribution in [0.2, 0.25) is 0 Å². The Balaban J connectivity index is 1.94. The van der Waals surface area contributed by atoms with Crippen molar-refractivity contribution in [2.75, 3.05) is 6.61 Å². The third kappa shape index (κ3) is 1.28. The first-order valence-electron chi connectivity index (χ1n) is 4.20. The van der Waals surface area contributed by atoms with Crippen molar-refractivity contribution in [3.63, 3.8) is 0 Å². The molecular formula is C8H13O3. The van der Waals surface area contributed by atoms with Gasteiger partial charge in [0.2, 0.25) is 0 Å². The molecule has 1 radical (unpaired) electrons. The van der Waals surface area contributed by atoms with Crippen LogP contribution >= 0.6 is 0 Å². The lowest BCUT2D eigenvalue weighted by atomic mass is 10.1. The summed E-state index contributed by atoms with van der Waals surface area (Å²) in [5.74, 6) is 0. The fraction of sp³-hybridized carbons (Fsp3) is 1.00. The van der Waals surface area contributed by atoms with Crippen LogP contribution in [0.1, 0.15) is 19.8 Å². The average Bonchev–Trinajstić information content (AvgIpc) is 2.40. The predicted octanol–water partition coefficient (Wildman–Crippen LogP) is 0.752. The van der Waals surface area contributed by atoms with Crippen molar-refractivity contribution in [1.29, 1.82) is 0 Å². The average molecular weight is 157 g/mol. The van der Waals surface area contributed by atoms with E-state index in [1.165, 1.54) is 0 Å². The number of fused-ring (bicyclic) bond motifs is 1. The van der Waals surface area contributed by atoms with Crippen LogP contribution in [0.25, 0.3) is 0 Å². The van der Waals surface area contributed by atoms with Crippen LogP contribution in [-0.2, 0) is 14.6 Å². The van der Waals surface area contributed by atoms with Gasteiger partial charge in [-0.05, 0) is 13.3 Å². The van der Waals surface area contributed by atoms with Crippen molar-refractivity contribution in [1.82, 2.24) is 0 Å². The minimum Gasteiger partial charge on any atom is -0.375 e. The highest BCUT2D eigenvalue weighted by Crippen LogP contribution is 2.31. The van der Waals surface area contributed by atoms with Gasteiger partial charge in [0.05, 0.1) is 18.3 Å². The molecule has 0 N–H and O–H groups in total. The van der Waals surface area contributed by atoms with Gasteiger partial charge in [-0.15, -0.1) is 0 Å². The van der Waals surface area contributed by atoms with Crippen molar-refractivity contribution < 1.29 is 14.6 Å². The van der Waals surface area contributed by atoms with E-state index in [0.29, 0.717) is 0 Å². The molecule has 0 amide bonds. The minimum atomic E-state index is -0.607. The molecule has 63 valence electrons. The zero-order valence-electron chi connectivity index (χ0n) is 6.66. The van der Waals surface area contributed by atoms with E-state index in [9.17, 15) is 5.11 Å². The molecule has 3 heteroatoms. The molecule has 0 aromatic rings. The van der Waals surface area contributed by atoms with Crippen LogP contribution < -0.4 is 0 Å². The highest BCUT2D eigenvalue weighted by Gasteiger charge is 2.41. The molecule has 11 heavy (non-hydrogen) atoms. The van der Waals surface area contributed by atoms with Gasteiger partial charge in [0.15, 0.2) is 0 Å². The Hall–Kier alpha value is -0.120. The van der Waals surface area contributed by atoms with Crippen LogP contribution in [0, 0.1) is 0 Å². The quantitative estimate of drug-likeness (QED) is 0.563. The molecule has 0 aromatic carbocycles. The van der Waals surface area contributed by atoms with E-state index >= 15 is 0 Å². The molecule has 0 aliphatic carbocycles. The summed E-state index contributed by atoms with van der Waals surface area (Å²) in [4.78, 5) is 0. The first kappa shape index (κ1) is 7.53. The van der Waals surface area contributed by atoms with Crippen molar-refractivity contribution in [2.45, 2.75) is 44.2 Å². The summed E-state index contributed by atoms with van der Waals surface area (Å²) in [6, 6.07) is 0. The molecule has 4 unspecified atom stereocenters. The van der Waals surface area contributed by atoms with Gasteiger partial charge >= 0.3 is 0 Å². The summed E-state index contributed by atoms with van der Waals surface area (Å²) < 4.78 is 10.9. The molecule has 2 saturated heterocycles. The van der Waals surface area contributed by atoms with Crippen LogP contribution in [0.5, 0.6) is 0 Å². The number of rotatable bonds is 1. The predicted molar refractivity (Wildman–Crippen MR) is 37.8 cm³/mol. The fourth-order valence-corrected chi connectivity index (χ4v) is 1.82. The zero-order chi connectivity index (χ0) is 7.84. The zero-order valence-corrected chi connectivity index (χ0v) is 6.66. The minimum absolute atomic E-state index is 0.106. The molecular weight excluding hydrogens is 144 g/mol. The van der Waals surface area contributed by atoms with Gasteiger partial charge in [-0.3, -0.25) is 0 Å². The topological polar surface area (TPSA) is 38.4 Å². The molecule has 2 rings (SSSR count). The van der Waals surface area contributed by atoms with Gasteiger partial charge in [-0.1, -0.05) is 0 Å². The van der Waals surface area contributed by atoms with Crippen molar-refractivity contribution >= 4 is 0 Å². The van der Waals surface area contributed by atoms with Gasteiger partial charge in [0, 0.05) is 13.0 Å². The Morgan fingerprint density at radius 3 is 2.91 bits per heavy atom. The van der Waals surface area contributed by atoms with E-state index in [1.54, 1.807) is 6.92 Å². The van der Waals surface area contributed by atoms with Gasteiger partial charge in [-0.25, -0.2) is 5.11 Å². The first-order chi connectivity index (χ1) is 5.27. The second-order valence-electron chi connectivity index (χ2n) is 3.35. The molecule has 0 aromatic heterocycles. The molecule has 2 fully saturated rings. The summed E-state index contributed by atoms with van der Waals surface area (Å²) in [6.07, 6.45) is 1.49. The Morgan fingerprint density at radius 1 is 1.45 bits per heavy atom. The summed E-state index contributed by atoms with van der Waals surface area (Å²) in [5, 5.41) is 11.0. The summed E-state index contributed by atoms with van der Waals surface area (Å²) >= 11 is 0. The van der Waals surface area contributed by atoms with E-state index in [4.69, 9.17) is 9.47 Å². The summed E-state index contributed by atoms with van der Waals surface area (Å²) in [6.45, 7) is 2.46. The molecule has 0 saturated carbocycles. The number of hydrogen-bond donors (Lipinski definition) is 0. The molecule has 4 atom stereocenters. The first-order valence-corrected chi connectivity index (χ1v) is 4.20. The van der Waals surface area contributed by atoms with E-state index in [2.05, 4.69) is 0 Å². The van der Waals surface area contributed by atoms with Gasteiger partial charge in [0.25, 0.3) is 0 Å². The smallest absolute Gasteiger partial charge is 0.116 e. The van der Waals surface area contributed by atoms with Gasteiger partial charge in [-0.2, -0.15) is 0 Å². The Labute approximate surface area is 66.3 Å². The lowest BCUT2D eigenvalue weighted by molar-refractivity contribution is -0.0533. The molecule has 2 heterocycles. The van der Waals surface area contributed by atoms with E-state index in [-0.39, 0.29) is 18.3 Å². The van der Waals surface area contributed by atoms with E-state index in [1.807, 2.05) is 0 Å². The Bertz CT molecular complexity index is 134. The van der Waals surface area contributed by atoms with Crippen LogP contribution in [-0.4, -0.2) is 31.0 Å². The van der Waals surface area contributed by atoms with Crippen LogP contribution in [0.15, 0.2) is 0 Å².